The SMILES string of the molecule is CCN(c1cccc(C)c1)c1ncnc(N(C)C)c1[N+](=O)[O-]. The van der Waals surface area contributed by atoms with Crippen LogP contribution in [0.5, 0.6) is 0 Å². The molecule has 1 aromatic heterocycles. The molecule has 0 aliphatic rings. The van der Waals surface area contributed by atoms with E-state index >= 15 is 0 Å². The van der Waals surface area contributed by atoms with Gasteiger partial charge in [0.1, 0.15) is 6.33 Å². The first-order valence-corrected chi connectivity index (χ1v) is 6.96. The predicted molar refractivity (Wildman–Crippen MR) is 86.9 cm³/mol. The average molecular weight is 301 g/mol. The van der Waals surface area contributed by atoms with Crippen molar-refractivity contribution in [2.75, 3.05) is 30.4 Å². The minimum Gasteiger partial charge on any atom is -0.357 e. The lowest BCUT2D eigenvalue weighted by molar-refractivity contribution is -0.383. The molecule has 0 N–H and O–H groups in total. The summed E-state index contributed by atoms with van der Waals surface area (Å²) in [5, 5.41) is 11.5. The molecule has 0 atom stereocenters. The molecule has 1 aromatic carbocycles. The summed E-state index contributed by atoms with van der Waals surface area (Å²) in [6, 6.07) is 7.80. The summed E-state index contributed by atoms with van der Waals surface area (Å²) in [4.78, 5) is 22.7. The average Bonchev–Trinajstić information content (AvgIpc) is 2.47. The lowest BCUT2D eigenvalue weighted by Gasteiger charge is -2.23. The summed E-state index contributed by atoms with van der Waals surface area (Å²) in [6.07, 6.45) is 1.36. The molecule has 0 radical (unpaired) electrons. The fraction of sp³-hybridized carbons (Fsp3) is 0.333. The van der Waals surface area contributed by atoms with Crippen molar-refractivity contribution in [2.24, 2.45) is 0 Å². The maximum absolute atomic E-state index is 11.5. The normalized spacial score (nSPS) is 10.4. The predicted octanol–water partition coefficient (Wildman–Crippen LogP) is 2.92. The summed E-state index contributed by atoms with van der Waals surface area (Å²) >= 11 is 0. The van der Waals surface area contributed by atoms with E-state index in [1.165, 1.54) is 6.33 Å². The lowest BCUT2D eigenvalue weighted by atomic mass is 10.2. The van der Waals surface area contributed by atoms with Crippen molar-refractivity contribution >= 4 is 23.0 Å². The Balaban J connectivity index is 2.63. The van der Waals surface area contributed by atoms with Crippen LogP contribution in [0.25, 0.3) is 0 Å². The molecule has 0 unspecified atom stereocenters. The van der Waals surface area contributed by atoms with Gasteiger partial charge in [-0.05, 0) is 31.5 Å². The number of aryl methyl sites for hydroxylation is 1. The first-order valence-electron chi connectivity index (χ1n) is 6.96. The highest BCUT2D eigenvalue weighted by Gasteiger charge is 2.28. The standard InChI is InChI=1S/C15H19N5O2/c1-5-19(12-8-6-7-11(2)9-12)15-13(20(21)22)14(18(3)4)16-10-17-15/h6-10H,5H2,1-4H3. The summed E-state index contributed by atoms with van der Waals surface area (Å²) in [5.74, 6) is 0.595. The van der Waals surface area contributed by atoms with E-state index in [1.54, 1.807) is 19.0 Å². The molecular formula is C15H19N5O2. The second-order valence-electron chi connectivity index (χ2n) is 5.10. The Labute approximate surface area is 129 Å². The van der Waals surface area contributed by atoms with Gasteiger partial charge < -0.3 is 9.80 Å². The Bertz CT molecular complexity index is 687. The van der Waals surface area contributed by atoms with Crippen molar-refractivity contribution in [2.45, 2.75) is 13.8 Å². The molecule has 2 rings (SSSR count). The highest BCUT2D eigenvalue weighted by Crippen LogP contribution is 2.36. The van der Waals surface area contributed by atoms with Gasteiger partial charge in [-0.2, -0.15) is 0 Å². The quantitative estimate of drug-likeness (QED) is 0.624. The Morgan fingerprint density at radius 3 is 2.45 bits per heavy atom. The zero-order valence-corrected chi connectivity index (χ0v) is 13.1. The van der Waals surface area contributed by atoms with Gasteiger partial charge in [0.2, 0.25) is 11.6 Å². The van der Waals surface area contributed by atoms with E-state index in [-0.39, 0.29) is 5.69 Å². The number of nitrogens with zero attached hydrogens (tertiary/aromatic N) is 5. The molecule has 0 aliphatic carbocycles. The highest BCUT2D eigenvalue weighted by molar-refractivity contribution is 5.76. The van der Waals surface area contributed by atoms with Crippen molar-refractivity contribution < 1.29 is 4.92 Å². The minimum atomic E-state index is -0.427. The van der Waals surface area contributed by atoms with Gasteiger partial charge in [0.05, 0.1) is 4.92 Å². The first-order chi connectivity index (χ1) is 10.5. The van der Waals surface area contributed by atoms with Crippen molar-refractivity contribution in [3.05, 3.63) is 46.3 Å². The van der Waals surface area contributed by atoms with Crippen LogP contribution in [0, 0.1) is 17.0 Å². The molecule has 0 aliphatic heterocycles. The molecule has 1 heterocycles. The van der Waals surface area contributed by atoms with E-state index in [0.29, 0.717) is 18.2 Å². The fourth-order valence-electron chi connectivity index (χ4n) is 2.30. The molecule has 22 heavy (non-hydrogen) atoms. The topological polar surface area (TPSA) is 75.4 Å². The summed E-state index contributed by atoms with van der Waals surface area (Å²) in [6.45, 7) is 4.48. The molecule has 116 valence electrons. The smallest absolute Gasteiger partial charge is 0.353 e. The number of anilines is 3. The second-order valence-corrected chi connectivity index (χ2v) is 5.10. The third-order valence-electron chi connectivity index (χ3n) is 3.28. The van der Waals surface area contributed by atoms with Gasteiger partial charge in [-0.25, -0.2) is 9.97 Å². The van der Waals surface area contributed by atoms with Gasteiger partial charge in [-0.1, -0.05) is 12.1 Å². The number of hydrogen-bond acceptors (Lipinski definition) is 6. The van der Waals surface area contributed by atoms with Crippen LogP contribution in [0.15, 0.2) is 30.6 Å². The molecule has 0 saturated heterocycles. The van der Waals surface area contributed by atoms with E-state index in [0.717, 1.165) is 11.3 Å². The van der Waals surface area contributed by atoms with E-state index in [9.17, 15) is 10.1 Å². The van der Waals surface area contributed by atoms with Crippen LogP contribution in [0.4, 0.5) is 23.0 Å². The van der Waals surface area contributed by atoms with E-state index in [2.05, 4.69) is 9.97 Å². The van der Waals surface area contributed by atoms with Crippen molar-refractivity contribution in [1.82, 2.24) is 9.97 Å². The molecule has 0 amide bonds. The zero-order valence-electron chi connectivity index (χ0n) is 13.1. The molecule has 0 fully saturated rings. The van der Waals surface area contributed by atoms with Gasteiger partial charge >= 0.3 is 5.69 Å². The lowest BCUT2D eigenvalue weighted by Crippen LogP contribution is -2.21. The Hall–Kier alpha value is -2.70. The van der Waals surface area contributed by atoms with Crippen LogP contribution in [0.1, 0.15) is 12.5 Å². The van der Waals surface area contributed by atoms with Crippen LogP contribution in [0.3, 0.4) is 0 Å². The van der Waals surface area contributed by atoms with Gasteiger partial charge in [0.25, 0.3) is 0 Å². The molecule has 7 nitrogen and oxygen atoms in total. The maximum Gasteiger partial charge on any atom is 0.353 e. The van der Waals surface area contributed by atoms with Crippen LogP contribution in [-0.2, 0) is 0 Å². The largest absolute Gasteiger partial charge is 0.357 e. The molecular weight excluding hydrogens is 282 g/mol. The van der Waals surface area contributed by atoms with Crippen molar-refractivity contribution in [3.63, 3.8) is 0 Å². The minimum absolute atomic E-state index is 0.0872. The zero-order chi connectivity index (χ0) is 16.3. The van der Waals surface area contributed by atoms with Crippen molar-refractivity contribution in [1.29, 1.82) is 0 Å². The molecule has 2 aromatic rings. The summed E-state index contributed by atoms with van der Waals surface area (Å²) in [5.41, 5.74) is 1.87. The monoisotopic (exact) mass is 301 g/mol. The number of rotatable bonds is 5. The van der Waals surface area contributed by atoms with E-state index < -0.39 is 4.92 Å². The first kappa shape index (κ1) is 15.7. The number of hydrogen-bond donors (Lipinski definition) is 0. The second kappa shape index (κ2) is 6.38. The summed E-state index contributed by atoms with van der Waals surface area (Å²) < 4.78 is 0. The molecule has 0 bridgehead atoms. The molecule has 0 saturated carbocycles. The Morgan fingerprint density at radius 1 is 1.23 bits per heavy atom. The van der Waals surface area contributed by atoms with E-state index in [1.807, 2.05) is 43.0 Å². The van der Waals surface area contributed by atoms with Crippen LogP contribution < -0.4 is 9.80 Å². The van der Waals surface area contributed by atoms with Crippen LogP contribution in [-0.4, -0.2) is 35.5 Å². The molecule has 7 heteroatoms. The fourth-order valence-corrected chi connectivity index (χ4v) is 2.30. The number of nitro groups is 1. The highest BCUT2D eigenvalue weighted by atomic mass is 16.6. The van der Waals surface area contributed by atoms with Gasteiger partial charge in [0, 0.05) is 26.3 Å². The van der Waals surface area contributed by atoms with Crippen LogP contribution >= 0.6 is 0 Å². The third-order valence-corrected chi connectivity index (χ3v) is 3.28. The van der Waals surface area contributed by atoms with E-state index in [4.69, 9.17) is 0 Å². The number of benzene rings is 1. The number of aromatic nitrogens is 2. The Kier molecular flexibility index (Phi) is 4.55. The van der Waals surface area contributed by atoms with Gasteiger partial charge in [-0.3, -0.25) is 10.1 Å². The third kappa shape index (κ3) is 2.98. The maximum atomic E-state index is 11.5. The van der Waals surface area contributed by atoms with Gasteiger partial charge in [-0.15, -0.1) is 0 Å². The Morgan fingerprint density at radius 2 is 1.91 bits per heavy atom. The van der Waals surface area contributed by atoms with Gasteiger partial charge in [0.15, 0.2) is 0 Å². The molecule has 0 spiro atoms. The van der Waals surface area contributed by atoms with Crippen molar-refractivity contribution in [3.8, 4) is 0 Å². The summed E-state index contributed by atoms with van der Waals surface area (Å²) in [7, 11) is 3.45. The van der Waals surface area contributed by atoms with Crippen LogP contribution in [0.2, 0.25) is 0 Å².